The minimum atomic E-state index is -0.866. The van der Waals surface area contributed by atoms with Gasteiger partial charge in [0.05, 0.1) is 5.41 Å². The first-order chi connectivity index (χ1) is 12.1. The first-order valence-corrected chi connectivity index (χ1v) is 8.62. The maximum absolute atomic E-state index is 13.2. The number of ketones is 1. The summed E-state index contributed by atoms with van der Waals surface area (Å²) in [6.07, 6.45) is 3.42. The maximum Gasteiger partial charge on any atom is 0.178 e. The fourth-order valence-corrected chi connectivity index (χ4v) is 4.26. The number of quaternary nitrogens is 1. The lowest BCUT2D eigenvalue weighted by molar-refractivity contribution is -1.09. The number of hydroxylamine groups is 2. The SMILES string of the molecule is C=CCO[NH+]([O-])[C@@]1(c2ccccc2)CCC2(CC2=O)c2ccccc21. The molecule has 0 saturated heterocycles. The van der Waals surface area contributed by atoms with Crippen molar-refractivity contribution in [1.82, 2.24) is 0 Å². The van der Waals surface area contributed by atoms with E-state index in [2.05, 4.69) is 6.58 Å². The van der Waals surface area contributed by atoms with Crippen molar-refractivity contribution >= 4 is 5.78 Å². The van der Waals surface area contributed by atoms with E-state index in [1.54, 1.807) is 6.08 Å². The lowest BCUT2D eigenvalue weighted by Crippen LogP contribution is -3.14. The zero-order valence-electron chi connectivity index (χ0n) is 14.0. The molecule has 3 atom stereocenters. The Labute approximate surface area is 147 Å². The summed E-state index contributed by atoms with van der Waals surface area (Å²) in [6.45, 7) is 3.82. The Morgan fingerprint density at radius 1 is 1.08 bits per heavy atom. The van der Waals surface area contributed by atoms with E-state index in [1.807, 2.05) is 54.6 Å². The van der Waals surface area contributed by atoms with Crippen molar-refractivity contribution in [3.05, 3.63) is 89.1 Å². The number of carbonyl (C=O) groups excluding carboxylic acids is 1. The van der Waals surface area contributed by atoms with Gasteiger partial charge in [0.1, 0.15) is 12.4 Å². The third kappa shape index (κ3) is 2.29. The standard InChI is InChI=1S/C21H21NO3/c1-2-14-25-22(24)21(16-8-4-3-5-9-16)13-12-20(15-19(20)23)17-10-6-7-11-18(17)21/h2-11,22H,1,12-15H2/t20?,21-/m1/s1. The largest absolute Gasteiger partial charge is 0.599 e. The summed E-state index contributed by atoms with van der Waals surface area (Å²) in [4.78, 5) is 17.7. The van der Waals surface area contributed by atoms with Crippen LogP contribution in [0.2, 0.25) is 0 Å². The summed E-state index contributed by atoms with van der Waals surface area (Å²) in [5.41, 5.74) is 1.57. The molecule has 2 aromatic rings. The molecule has 2 unspecified atom stereocenters. The second kappa shape index (κ2) is 5.92. The first kappa shape index (κ1) is 16.2. The lowest BCUT2D eigenvalue weighted by Gasteiger charge is -2.46. The first-order valence-electron chi connectivity index (χ1n) is 8.62. The van der Waals surface area contributed by atoms with Crippen molar-refractivity contribution in [3.63, 3.8) is 0 Å². The summed E-state index contributed by atoms with van der Waals surface area (Å²) in [5.74, 6) is 0.279. The molecule has 4 heteroatoms. The van der Waals surface area contributed by atoms with Crippen molar-refractivity contribution in [2.75, 3.05) is 6.61 Å². The molecule has 1 saturated carbocycles. The molecule has 4 nitrogen and oxygen atoms in total. The van der Waals surface area contributed by atoms with Crippen LogP contribution in [0, 0.1) is 5.21 Å². The van der Waals surface area contributed by atoms with Crippen LogP contribution in [-0.4, -0.2) is 12.4 Å². The van der Waals surface area contributed by atoms with Crippen LogP contribution in [-0.2, 0) is 20.6 Å². The second-order valence-electron chi connectivity index (χ2n) is 6.89. The topological polar surface area (TPSA) is 53.8 Å². The molecule has 128 valence electrons. The molecule has 2 aliphatic rings. The number of benzene rings is 2. The summed E-state index contributed by atoms with van der Waals surface area (Å²) >= 11 is 0. The third-order valence-corrected chi connectivity index (χ3v) is 5.65. The van der Waals surface area contributed by atoms with E-state index in [0.717, 1.165) is 16.7 Å². The Bertz CT molecular complexity index is 819. The van der Waals surface area contributed by atoms with E-state index < -0.39 is 5.54 Å². The van der Waals surface area contributed by atoms with Crippen molar-refractivity contribution in [2.24, 2.45) is 0 Å². The Kier molecular flexibility index (Phi) is 3.84. The fourth-order valence-electron chi connectivity index (χ4n) is 4.26. The highest BCUT2D eigenvalue weighted by Crippen LogP contribution is 2.56. The van der Waals surface area contributed by atoms with E-state index in [0.29, 0.717) is 19.3 Å². The number of hydrogen-bond donors (Lipinski definition) is 1. The van der Waals surface area contributed by atoms with Gasteiger partial charge in [0.15, 0.2) is 5.54 Å². The van der Waals surface area contributed by atoms with Crippen molar-refractivity contribution in [1.29, 1.82) is 0 Å². The van der Waals surface area contributed by atoms with E-state index in [4.69, 9.17) is 4.84 Å². The molecule has 0 aliphatic heterocycles. The molecule has 0 radical (unpaired) electrons. The van der Waals surface area contributed by atoms with Crippen LogP contribution in [0.5, 0.6) is 0 Å². The minimum Gasteiger partial charge on any atom is -0.599 e. The van der Waals surface area contributed by atoms with Gasteiger partial charge in [-0.05, 0) is 12.0 Å². The van der Waals surface area contributed by atoms with Crippen LogP contribution in [0.4, 0.5) is 0 Å². The van der Waals surface area contributed by atoms with Gasteiger partial charge in [-0.3, -0.25) is 4.79 Å². The number of Topliss-reactive ketones (excluding diaryl/α,β-unsaturated/α-hetero) is 1. The van der Waals surface area contributed by atoms with Gasteiger partial charge in [-0.25, -0.2) is 5.23 Å². The molecule has 1 N–H and O–H groups in total. The summed E-state index contributed by atoms with van der Waals surface area (Å²) in [5, 5.41) is 12.9. The minimum absolute atomic E-state index is 0.180. The molecule has 1 spiro atoms. The van der Waals surface area contributed by atoms with Crippen molar-refractivity contribution < 1.29 is 14.9 Å². The molecule has 0 amide bonds. The molecule has 2 aromatic carbocycles. The smallest absolute Gasteiger partial charge is 0.178 e. The summed E-state index contributed by atoms with van der Waals surface area (Å²) < 4.78 is 0. The molecule has 0 heterocycles. The average molecular weight is 335 g/mol. The van der Waals surface area contributed by atoms with Gasteiger partial charge in [-0.2, -0.15) is 4.84 Å². The van der Waals surface area contributed by atoms with E-state index in [9.17, 15) is 10.0 Å². The number of rotatable bonds is 5. The molecular formula is C21H21NO3. The normalized spacial score (nSPS) is 28.4. The molecule has 1 fully saturated rings. The number of carbonyl (C=O) groups is 1. The monoisotopic (exact) mass is 335 g/mol. The van der Waals surface area contributed by atoms with Crippen LogP contribution in [0.25, 0.3) is 0 Å². The van der Waals surface area contributed by atoms with Gasteiger partial charge in [0, 0.05) is 24.0 Å². The number of nitrogens with one attached hydrogen (secondary N) is 1. The van der Waals surface area contributed by atoms with Crippen LogP contribution >= 0.6 is 0 Å². The Morgan fingerprint density at radius 3 is 2.36 bits per heavy atom. The van der Waals surface area contributed by atoms with Crippen LogP contribution < -0.4 is 5.23 Å². The highest BCUT2D eigenvalue weighted by Gasteiger charge is 2.62. The number of fused-ring (bicyclic) bond motifs is 2. The van der Waals surface area contributed by atoms with Gasteiger partial charge in [0.25, 0.3) is 0 Å². The maximum atomic E-state index is 13.2. The molecule has 0 aromatic heterocycles. The summed E-state index contributed by atoms with van der Waals surface area (Å²) in [7, 11) is 0. The van der Waals surface area contributed by atoms with Gasteiger partial charge in [-0.1, -0.05) is 60.7 Å². The van der Waals surface area contributed by atoms with Crippen LogP contribution in [0.1, 0.15) is 36.0 Å². The molecule has 2 aliphatic carbocycles. The Balaban J connectivity index is 1.91. The third-order valence-electron chi connectivity index (χ3n) is 5.65. The quantitative estimate of drug-likeness (QED) is 0.674. The zero-order valence-corrected chi connectivity index (χ0v) is 14.0. The van der Waals surface area contributed by atoms with E-state index >= 15 is 0 Å². The molecule has 0 bridgehead atoms. The van der Waals surface area contributed by atoms with Crippen LogP contribution in [0.3, 0.4) is 0 Å². The van der Waals surface area contributed by atoms with Gasteiger partial charge >= 0.3 is 0 Å². The average Bonchev–Trinajstić information content (AvgIpc) is 3.31. The van der Waals surface area contributed by atoms with Crippen molar-refractivity contribution in [3.8, 4) is 0 Å². The lowest BCUT2D eigenvalue weighted by atomic mass is 9.67. The Hall–Kier alpha value is -2.27. The fraction of sp³-hybridized carbons (Fsp3) is 0.286. The van der Waals surface area contributed by atoms with Crippen molar-refractivity contribution in [2.45, 2.75) is 30.2 Å². The predicted octanol–water partition coefficient (Wildman–Crippen LogP) is 2.43. The number of hydrogen-bond acceptors (Lipinski definition) is 3. The predicted molar refractivity (Wildman–Crippen MR) is 94.7 cm³/mol. The molecule has 25 heavy (non-hydrogen) atoms. The highest BCUT2D eigenvalue weighted by molar-refractivity contribution is 6.07. The van der Waals surface area contributed by atoms with Gasteiger partial charge in [-0.15, -0.1) is 6.58 Å². The van der Waals surface area contributed by atoms with E-state index in [-0.39, 0.29) is 23.0 Å². The Morgan fingerprint density at radius 2 is 1.72 bits per heavy atom. The highest BCUT2D eigenvalue weighted by atomic mass is 16.9. The van der Waals surface area contributed by atoms with Crippen LogP contribution in [0.15, 0.2) is 67.3 Å². The second-order valence-corrected chi connectivity index (χ2v) is 6.89. The molecule has 4 rings (SSSR count). The molecular weight excluding hydrogens is 314 g/mol. The summed E-state index contributed by atoms with van der Waals surface area (Å²) in [6, 6.07) is 17.6. The van der Waals surface area contributed by atoms with Gasteiger partial charge < -0.3 is 5.21 Å². The van der Waals surface area contributed by atoms with Gasteiger partial charge in [0.2, 0.25) is 0 Å². The zero-order chi connectivity index (χ0) is 17.5. The van der Waals surface area contributed by atoms with E-state index in [1.165, 1.54) is 0 Å².